The fraction of sp³-hybridized carbons (Fsp3) is 0.125. The monoisotopic (exact) mass is 337 g/mol. The Morgan fingerprint density at radius 2 is 2.00 bits per heavy atom. The van der Waals surface area contributed by atoms with Crippen molar-refractivity contribution in [3.63, 3.8) is 0 Å². The lowest BCUT2D eigenvalue weighted by molar-refractivity contribution is 0.415. The number of rotatable bonds is 5. The lowest BCUT2D eigenvalue weighted by atomic mass is 10.2. The van der Waals surface area contributed by atoms with Crippen LogP contribution in [0.15, 0.2) is 47.9 Å². The molecule has 116 valence electrons. The predicted molar refractivity (Wildman–Crippen MR) is 90.5 cm³/mol. The average molecular weight is 338 g/mol. The van der Waals surface area contributed by atoms with Crippen LogP contribution in [-0.4, -0.2) is 15.5 Å². The molecule has 2 N–H and O–H groups in total. The Morgan fingerprint density at radius 3 is 2.64 bits per heavy atom. The SMILES string of the molecule is COc1ccc(CS(=O)(=O)C=Cc2cccc(Cl)c2)c(N)c1. The lowest BCUT2D eigenvalue weighted by Gasteiger charge is -2.07. The van der Waals surface area contributed by atoms with E-state index in [-0.39, 0.29) is 5.75 Å². The Bertz CT molecular complexity index is 801. The third kappa shape index (κ3) is 4.51. The van der Waals surface area contributed by atoms with Gasteiger partial charge in [0.1, 0.15) is 5.75 Å². The van der Waals surface area contributed by atoms with Gasteiger partial charge in [-0.05, 0) is 35.4 Å². The lowest BCUT2D eigenvalue weighted by Crippen LogP contribution is -2.03. The molecule has 0 saturated heterocycles. The van der Waals surface area contributed by atoms with Crippen molar-refractivity contribution in [2.24, 2.45) is 0 Å². The number of hydrogen-bond acceptors (Lipinski definition) is 4. The van der Waals surface area contributed by atoms with Crippen LogP contribution >= 0.6 is 11.6 Å². The number of benzene rings is 2. The number of nitrogens with two attached hydrogens (primary N) is 1. The summed E-state index contributed by atoms with van der Waals surface area (Å²) in [6.45, 7) is 0. The van der Waals surface area contributed by atoms with Gasteiger partial charge in [0.05, 0.1) is 12.9 Å². The van der Waals surface area contributed by atoms with Crippen LogP contribution in [0.25, 0.3) is 6.08 Å². The summed E-state index contributed by atoms with van der Waals surface area (Å²) in [5.74, 6) is 0.424. The van der Waals surface area contributed by atoms with E-state index in [0.29, 0.717) is 22.0 Å². The van der Waals surface area contributed by atoms with Crippen molar-refractivity contribution >= 4 is 33.2 Å². The second-order valence-corrected chi connectivity index (χ2v) is 7.05. The van der Waals surface area contributed by atoms with Gasteiger partial charge in [-0.2, -0.15) is 0 Å². The van der Waals surface area contributed by atoms with Gasteiger partial charge >= 0.3 is 0 Å². The average Bonchev–Trinajstić information content (AvgIpc) is 2.47. The molecule has 0 fully saturated rings. The molecule has 0 saturated carbocycles. The number of sulfone groups is 1. The van der Waals surface area contributed by atoms with E-state index < -0.39 is 9.84 Å². The molecule has 0 aliphatic rings. The Hall–Kier alpha value is -1.98. The van der Waals surface area contributed by atoms with E-state index in [1.165, 1.54) is 18.6 Å². The predicted octanol–water partition coefficient (Wildman–Crippen LogP) is 3.52. The first-order valence-corrected chi connectivity index (χ1v) is 8.58. The van der Waals surface area contributed by atoms with Gasteiger partial charge in [-0.3, -0.25) is 0 Å². The molecule has 0 unspecified atom stereocenters. The molecule has 2 rings (SSSR count). The highest BCUT2D eigenvalue weighted by Crippen LogP contribution is 2.22. The van der Waals surface area contributed by atoms with Crippen LogP contribution in [0, 0.1) is 0 Å². The molecule has 6 heteroatoms. The molecule has 0 atom stereocenters. The molecule has 4 nitrogen and oxygen atoms in total. The van der Waals surface area contributed by atoms with Crippen molar-refractivity contribution in [3.05, 3.63) is 64.0 Å². The van der Waals surface area contributed by atoms with Gasteiger partial charge in [-0.15, -0.1) is 0 Å². The molecule has 2 aromatic carbocycles. The number of methoxy groups -OCH3 is 1. The van der Waals surface area contributed by atoms with E-state index in [1.807, 2.05) is 0 Å². The van der Waals surface area contributed by atoms with Crippen LogP contribution < -0.4 is 10.5 Å². The first-order valence-electron chi connectivity index (χ1n) is 6.48. The molecule has 0 radical (unpaired) electrons. The van der Waals surface area contributed by atoms with Gasteiger partial charge in [-0.25, -0.2) is 8.42 Å². The molecule has 22 heavy (non-hydrogen) atoms. The Morgan fingerprint density at radius 1 is 1.23 bits per heavy atom. The number of hydrogen-bond donors (Lipinski definition) is 1. The second kappa shape index (κ2) is 6.85. The summed E-state index contributed by atoms with van der Waals surface area (Å²) in [5.41, 5.74) is 7.49. The number of anilines is 1. The van der Waals surface area contributed by atoms with Crippen LogP contribution in [-0.2, 0) is 15.6 Å². The normalized spacial score (nSPS) is 11.7. The van der Waals surface area contributed by atoms with Crippen molar-refractivity contribution < 1.29 is 13.2 Å². The van der Waals surface area contributed by atoms with E-state index in [1.54, 1.807) is 42.5 Å². The number of ether oxygens (including phenoxy) is 1. The number of nitrogen functional groups attached to an aromatic ring is 1. The Balaban J connectivity index is 2.17. The Labute approximate surface area is 135 Å². The molecule has 0 heterocycles. The minimum atomic E-state index is -3.43. The summed E-state index contributed by atoms with van der Waals surface area (Å²) in [6, 6.07) is 11.9. The summed E-state index contributed by atoms with van der Waals surface area (Å²) in [7, 11) is -1.91. The summed E-state index contributed by atoms with van der Waals surface area (Å²) in [6.07, 6.45) is 1.51. The van der Waals surface area contributed by atoms with Crippen LogP contribution in [0.3, 0.4) is 0 Å². The van der Waals surface area contributed by atoms with E-state index in [2.05, 4.69) is 0 Å². The third-order valence-corrected chi connectivity index (χ3v) is 4.53. The second-order valence-electron chi connectivity index (χ2n) is 4.73. The Kier molecular flexibility index (Phi) is 5.11. The zero-order valence-electron chi connectivity index (χ0n) is 12.0. The standard InChI is InChI=1S/C16H16ClNO3S/c1-21-15-6-5-13(16(18)10-15)11-22(19,20)8-7-12-3-2-4-14(17)9-12/h2-10H,11,18H2,1H3. The van der Waals surface area contributed by atoms with Crippen LogP contribution in [0.5, 0.6) is 5.75 Å². The minimum absolute atomic E-state index is 0.167. The summed E-state index contributed by atoms with van der Waals surface area (Å²) < 4.78 is 29.4. The van der Waals surface area contributed by atoms with Crippen molar-refractivity contribution in [2.45, 2.75) is 5.75 Å². The summed E-state index contributed by atoms with van der Waals surface area (Å²) in [5, 5.41) is 1.72. The third-order valence-electron chi connectivity index (χ3n) is 3.03. The smallest absolute Gasteiger partial charge is 0.175 e. The molecular weight excluding hydrogens is 322 g/mol. The van der Waals surface area contributed by atoms with Gasteiger partial charge in [0.2, 0.25) is 0 Å². The maximum absolute atomic E-state index is 12.2. The van der Waals surface area contributed by atoms with Gasteiger partial charge in [0, 0.05) is 22.2 Å². The molecule has 0 aromatic heterocycles. The molecule has 2 aromatic rings. The molecular formula is C16H16ClNO3S. The number of halogens is 1. The quantitative estimate of drug-likeness (QED) is 0.847. The zero-order chi connectivity index (χ0) is 16.2. The van der Waals surface area contributed by atoms with Gasteiger partial charge in [0.15, 0.2) is 9.84 Å². The highest BCUT2D eigenvalue weighted by atomic mass is 35.5. The summed E-state index contributed by atoms with van der Waals surface area (Å²) >= 11 is 5.86. The van der Waals surface area contributed by atoms with Gasteiger partial charge in [-0.1, -0.05) is 29.8 Å². The van der Waals surface area contributed by atoms with Crippen molar-refractivity contribution in [2.75, 3.05) is 12.8 Å². The largest absolute Gasteiger partial charge is 0.497 e. The van der Waals surface area contributed by atoms with Crippen LogP contribution in [0.2, 0.25) is 5.02 Å². The molecule has 0 aliphatic carbocycles. The van der Waals surface area contributed by atoms with Crippen molar-refractivity contribution in [3.8, 4) is 5.75 Å². The molecule has 0 spiro atoms. The first-order chi connectivity index (χ1) is 10.4. The molecule has 0 amide bonds. The zero-order valence-corrected chi connectivity index (χ0v) is 13.6. The topological polar surface area (TPSA) is 69.4 Å². The maximum Gasteiger partial charge on any atom is 0.175 e. The summed E-state index contributed by atoms with van der Waals surface area (Å²) in [4.78, 5) is 0. The maximum atomic E-state index is 12.2. The molecule has 0 bridgehead atoms. The van der Waals surface area contributed by atoms with Crippen LogP contribution in [0.4, 0.5) is 5.69 Å². The highest BCUT2D eigenvalue weighted by Gasteiger charge is 2.11. The van der Waals surface area contributed by atoms with Crippen LogP contribution in [0.1, 0.15) is 11.1 Å². The van der Waals surface area contributed by atoms with Gasteiger partial charge in [0.25, 0.3) is 0 Å². The van der Waals surface area contributed by atoms with E-state index in [0.717, 1.165) is 5.56 Å². The van der Waals surface area contributed by atoms with E-state index >= 15 is 0 Å². The first kappa shape index (κ1) is 16.4. The minimum Gasteiger partial charge on any atom is -0.497 e. The van der Waals surface area contributed by atoms with Gasteiger partial charge < -0.3 is 10.5 Å². The fourth-order valence-corrected chi connectivity index (χ4v) is 3.24. The fourth-order valence-electron chi connectivity index (χ4n) is 1.89. The van der Waals surface area contributed by atoms with E-state index in [9.17, 15) is 8.42 Å². The molecule has 0 aliphatic heterocycles. The van der Waals surface area contributed by atoms with Crippen molar-refractivity contribution in [1.82, 2.24) is 0 Å². The van der Waals surface area contributed by atoms with Crippen molar-refractivity contribution in [1.29, 1.82) is 0 Å². The van der Waals surface area contributed by atoms with E-state index in [4.69, 9.17) is 22.1 Å². The highest BCUT2D eigenvalue weighted by molar-refractivity contribution is 7.93.